The molecule has 27 heteroatoms. The minimum atomic E-state index is -1.80. The summed E-state index contributed by atoms with van der Waals surface area (Å²) in [6.45, 7) is 13.6. The highest BCUT2D eigenvalue weighted by Crippen LogP contribution is 2.46. The van der Waals surface area contributed by atoms with Crippen molar-refractivity contribution in [1.29, 1.82) is 0 Å². The van der Waals surface area contributed by atoms with E-state index in [0.29, 0.717) is 128 Å². The van der Waals surface area contributed by atoms with E-state index in [0.717, 1.165) is 27.0 Å². The number of imide groups is 1. The monoisotopic (exact) mass is 1210 g/mol. The van der Waals surface area contributed by atoms with Crippen molar-refractivity contribution in [3.63, 3.8) is 0 Å². The second kappa shape index (κ2) is 32.9. The van der Waals surface area contributed by atoms with Crippen molar-refractivity contribution in [2.75, 3.05) is 126 Å². The number of ether oxygens (including phenoxy) is 10. The lowest BCUT2D eigenvalue weighted by Gasteiger charge is -2.36. The molecular weight excluding hydrogens is 1130 g/mol. The molecule has 0 radical (unpaired) electrons. The zero-order valence-corrected chi connectivity index (χ0v) is 49.6. The number of carbonyl (C=O) groups excluding carboxylic acids is 7. The molecule has 0 saturated carbocycles. The average molecular weight is 1210 g/mol. The molecule has 86 heavy (non-hydrogen) atoms. The number of fused-ring (bicyclic) bond motifs is 5. The van der Waals surface area contributed by atoms with Crippen molar-refractivity contribution in [3.05, 3.63) is 73.8 Å². The summed E-state index contributed by atoms with van der Waals surface area (Å²) in [7, 11) is 0. The molecule has 26 nitrogen and oxygen atoms in total. The van der Waals surface area contributed by atoms with Gasteiger partial charge in [-0.05, 0) is 61.8 Å². The van der Waals surface area contributed by atoms with Crippen LogP contribution in [0.5, 0.6) is 0 Å². The van der Waals surface area contributed by atoms with Gasteiger partial charge in [0.2, 0.25) is 23.6 Å². The molecule has 0 unspecified atom stereocenters. The molecule has 3 aliphatic heterocycles. The molecule has 6 amide bonds. The van der Waals surface area contributed by atoms with Gasteiger partial charge in [0, 0.05) is 66.7 Å². The van der Waals surface area contributed by atoms with E-state index in [9.17, 15) is 38.4 Å². The number of pyridine rings is 2. The Labute approximate surface area is 497 Å². The number of nitrogens with one attached hydrogen (secondary N) is 4. The zero-order valence-electron chi connectivity index (χ0n) is 49.6. The molecule has 2 aromatic heterocycles. The van der Waals surface area contributed by atoms with Gasteiger partial charge in [0.15, 0.2) is 5.60 Å². The Hall–Kier alpha value is -6.66. The Bertz CT molecular complexity index is 2980. The van der Waals surface area contributed by atoms with Crippen LogP contribution < -0.4 is 32.6 Å². The Balaban J connectivity index is 0.685. The third-order valence-electron chi connectivity index (χ3n) is 15.1. The molecule has 0 spiro atoms. The van der Waals surface area contributed by atoms with Crippen molar-refractivity contribution in [2.45, 2.75) is 104 Å². The minimum absolute atomic E-state index is 0.0263. The highest BCUT2D eigenvalue weighted by atomic mass is 19.1. The topological polar surface area (TPSA) is 324 Å². The summed E-state index contributed by atoms with van der Waals surface area (Å²) in [4.78, 5) is 108. The largest absolute Gasteiger partial charge is 0.458 e. The summed E-state index contributed by atoms with van der Waals surface area (Å²) in [5.74, 6) is -4.24. The number of aromatic nitrogens is 2. The molecule has 472 valence electrons. The molecule has 1 aliphatic carbocycles. The fraction of sp³-hybridized carbons (Fsp3) is 0.610. The number of nitrogens with two attached hydrogens (primary N) is 1. The van der Waals surface area contributed by atoms with Crippen molar-refractivity contribution >= 4 is 52.3 Å². The van der Waals surface area contributed by atoms with Crippen LogP contribution in [0.15, 0.2) is 29.1 Å². The standard InChI is InChI=1S/C59H81FN8O18/c1-6-59(42-31-46-54-40(33-68(46)57(75)41(42)34-85-58(59)76)51-44(61)8-7-39-37(4)43(60)32-45(65-54)52(39)51)86-35-63-55(73)38(5)64-56(74)53(36(2)3)66-48(70)12-15-77-17-19-79-21-23-81-25-27-83-29-30-84-28-26-82-24-22-80-20-18-78-16-13-62-47(69)11-14-67-49(71)9-10-50(67)72/h9-10,31-32,36,38,44,53H,6-8,11-30,33-35,61H2,1-5H3,(H,62,69)(H,63,73)(H,64,74)(H,66,70)/t38-,44-,53-,59-/m0/s1. The van der Waals surface area contributed by atoms with Gasteiger partial charge in [-0.1, -0.05) is 20.8 Å². The maximum Gasteiger partial charge on any atom is 0.343 e. The second-order valence-corrected chi connectivity index (χ2v) is 21.2. The lowest BCUT2D eigenvalue weighted by Crippen LogP contribution is -2.55. The van der Waals surface area contributed by atoms with Crippen molar-refractivity contribution in [2.24, 2.45) is 11.7 Å². The molecule has 7 rings (SSSR count). The number of esters is 1. The van der Waals surface area contributed by atoms with Crippen LogP contribution >= 0.6 is 0 Å². The van der Waals surface area contributed by atoms with Crippen LogP contribution in [0.2, 0.25) is 0 Å². The van der Waals surface area contributed by atoms with Crippen LogP contribution in [0.3, 0.4) is 0 Å². The molecule has 0 fully saturated rings. The normalized spacial score (nSPS) is 17.4. The number of rotatable bonds is 39. The lowest BCUT2D eigenvalue weighted by atomic mass is 9.82. The van der Waals surface area contributed by atoms with Gasteiger partial charge in [-0.25, -0.2) is 14.2 Å². The average Bonchev–Trinajstić information content (AvgIpc) is 1.73. The number of nitrogens with zero attached hydrogens (tertiary/aromatic N) is 3. The van der Waals surface area contributed by atoms with Gasteiger partial charge in [0.1, 0.15) is 31.2 Å². The summed E-state index contributed by atoms with van der Waals surface area (Å²) in [5.41, 5.74) is 9.35. The number of benzene rings is 1. The van der Waals surface area contributed by atoms with E-state index in [4.69, 9.17) is 58.1 Å². The van der Waals surface area contributed by atoms with E-state index in [1.807, 2.05) is 0 Å². The predicted octanol–water partition coefficient (Wildman–Crippen LogP) is 1.17. The van der Waals surface area contributed by atoms with E-state index < -0.39 is 65.5 Å². The number of hydrogen-bond acceptors (Lipinski definition) is 20. The molecule has 0 bridgehead atoms. The number of hydrogen-bond donors (Lipinski definition) is 5. The minimum Gasteiger partial charge on any atom is -0.458 e. The number of aryl methyl sites for hydroxylation is 1. The van der Waals surface area contributed by atoms with Crippen molar-refractivity contribution < 1.29 is 85.3 Å². The Morgan fingerprint density at radius 3 is 1.87 bits per heavy atom. The molecule has 0 saturated heterocycles. The maximum atomic E-state index is 15.2. The molecule has 4 atom stereocenters. The van der Waals surface area contributed by atoms with Crippen LogP contribution in [0.4, 0.5) is 4.39 Å². The smallest absolute Gasteiger partial charge is 0.343 e. The van der Waals surface area contributed by atoms with Crippen LogP contribution in [0.1, 0.15) is 92.8 Å². The summed E-state index contributed by atoms with van der Waals surface area (Å²) in [6, 6.07) is 0.675. The molecule has 5 heterocycles. The first-order valence-electron chi connectivity index (χ1n) is 29.3. The first kappa shape index (κ1) is 66.9. The van der Waals surface area contributed by atoms with Crippen LogP contribution in [-0.4, -0.2) is 193 Å². The van der Waals surface area contributed by atoms with Gasteiger partial charge in [-0.15, -0.1) is 0 Å². The Morgan fingerprint density at radius 1 is 0.733 bits per heavy atom. The second-order valence-electron chi connectivity index (χ2n) is 21.2. The van der Waals surface area contributed by atoms with E-state index in [2.05, 4.69) is 21.3 Å². The van der Waals surface area contributed by atoms with E-state index in [-0.39, 0.29) is 93.6 Å². The Morgan fingerprint density at radius 2 is 1.30 bits per heavy atom. The summed E-state index contributed by atoms with van der Waals surface area (Å²) >= 11 is 0. The number of amides is 6. The van der Waals surface area contributed by atoms with Crippen molar-refractivity contribution in [1.82, 2.24) is 35.7 Å². The number of cyclic esters (lactones) is 1. The van der Waals surface area contributed by atoms with Crippen LogP contribution in [-0.2, 0) is 106 Å². The first-order valence-corrected chi connectivity index (χ1v) is 29.3. The summed E-state index contributed by atoms with van der Waals surface area (Å²) in [5, 5.41) is 11.5. The van der Waals surface area contributed by atoms with Gasteiger partial charge in [0.25, 0.3) is 17.4 Å². The van der Waals surface area contributed by atoms with E-state index >= 15 is 4.39 Å². The lowest BCUT2D eigenvalue weighted by molar-refractivity contribution is -0.183. The zero-order chi connectivity index (χ0) is 61.8. The molecular formula is C59H81FN8O18. The van der Waals surface area contributed by atoms with Gasteiger partial charge in [-0.2, -0.15) is 0 Å². The van der Waals surface area contributed by atoms with Gasteiger partial charge in [0.05, 0.1) is 135 Å². The predicted molar refractivity (Wildman–Crippen MR) is 305 cm³/mol. The van der Waals surface area contributed by atoms with E-state index in [1.165, 1.54) is 25.1 Å². The quantitative estimate of drug-likeness (QED) is 0.0181. The van der Waals surface area contributed by atoms with Crippen LogP contribution in [0.25, 0.3) is 22.3 Å². The summed E-state index contributed by atoms with van der Waals surface area (Å²) in [6.07, 6.45) is 3.60. The SMILES string of the molecule is CC[C@@]1(OCNC(=O)[C@H](C)NC(=O)[C@@H](NC(=O)CCOCCOCCOCCOCCOCCOCCOCCOCCNC(=O)CCN2C(=O)C=CC2=O)C(C)C)C(=O)OCc2c1cc1n(c2=O)Cc2c-1nc1cc(F)c(C)c3c1c2[C@@H](N)CC3. The highest BCUT2D eigenvalue weighted by molar-refractivity contribution is 6.13. The van der Waals surface area contributed by atoms with E-state index in [1.54, 1.807) is 38.3 Å². The Kier molecular flexibility index (Phi) is 25.6. The number of carbonyl (C=O) groups is 7. The summed E-state index contributed by atoms with van der Waals surface area (Å²) < 4.78 is 72.4. The third-order valence-corrected chi connectivity index (χ3v) is 15.1. The molecule has 3 aromatic rings. The molecule has 4 aliphatic rings. The third kappa shape index (κ3) is 17.3. The highest BCUT2D eigenvalue weighted by Gasteiger charge is 2.49. The van der Waals surface area contributed by atoms with Crippen LogP contribution in [0, 0.1) is 18.7 Å². The molecule has 6 N–H and O–H groups in total. The fourth-order valence-electron chi connectivity index (χ4n) is 10.4. The first-order chi connectivity index (χ1) is 41.5. The van der Waals surface area contributed by atoms with Crippen molar-refractivity contribution in [3.8, 4) is 11.4 Å². The fourth-order valence-corrected chi connectivity index (χ4v) is 10.4. The van der Waals surface area contributed by atoms with Gasteiger partial charge >= 0.3 is 5.97 Å². The molecule has 1 aromatic carbocycles. The van der Waals surface area contributed by atoms with Gasteiger partial charge < -0.3 is 78.9 Å². The number of halogens is 1. The van der Waals surface area contributed by atoms with Gasteiger partial charge in [-0.3, -0.25) is 38.5 Å². The maximum absolute atomic E-state index is 15.2.